The lowest BCUT2D eigenvalue weighted by atomic mass is 9.91. The molecule has 1 aromatic carbocycles. The fraction of sp³-hybridized carbons (Fsp3) is 0.529. The summed E-state index contributed by atoms with van der Waals surface area (Å²) in [6.45, 7) is 3.98. The summed E-state index contributed by atoms with van der Waals surface area (Å²) in [6.07, 6.45) is 2.12. The Morgan fingerprint density at radius 3 is 2.04 bits per heavy atom. The first kappa shape index (κ1) is 22.2. The topological polar surface area (TPSA) is 78.9 Å². The maximum absolute atomic E-state index is 12.9. The molecule has 0 fully saturated rings. The first-order valence-electron chi connectivity index (χ1n) is 7.81. The third-order valence-electron chi connectivity index (χ3n) is 3.41. The second-order valence-electron chi connectivity index (χ2n) is 4.85. The van der Waals surface area contributed by atoms with Crippen molar-refractivity contribution >= 4 is 20.9 Å². The second kappa shape index (κ2) is 12.6. The van der Waals surface area contributed by atoms with E-state index in [1.54, 1.807) is 25.1 Å². The van der Waals surface area contributed by atoms with Gasteiger partial charge in [0.05, 0.1) is 29.9 Å². The number of esters is 1. The van der Waals surface area contributed by atoms with Crippen molar-refractivity contribution in [3.63, 3.8) is 0 Å². The zero-order chi connectivity index (χ0) is 18.5. The molecule has 0 aliphatic carbocycles. The quantitative estimate of drug-likeness (QED) is 0.292. The van der Waals surface area contributed by atoms with E-state index in [0.29, 0.717) is 32.6 Å². The van der Waals surface area contributed by atoms with Crippen molar-refractivity contribution in [2.24, 2.45) is 5.92 Å². The van der Waals surface area contributed by atoms with Gasteiger partial charge in [-0.1, -0.05) is 25.8 Å². The van der Waals surface area contributed by atoms with Crippen molar-refractivity contribution in [3.05, 3.63) is 23.8 Å². The first-order chi connectivity index (χ1) is 11.6. The molecule has 0 amide bonds. The molecule has 136 valence electrons. The number of ether oxygens (including phenoxy) is 3. The molecule has 24 heavy (non-hydrogen) atoms. The van der Waals surface area contributed by atoms with E-state index in [0.717, 1.165) is 12.8 Å². The Bertz CT molecular complexity index is 510. The van der Waals surface area contributed by atoms with Gasteiger partial charge in [-0.05, 0) is 25.5 Å². The number of ketones is 1. The van der Waals surface area contributed by atoms with E-state index in [4.69, 9.17) is 18.8 Å². The predicted octanol–water partition coefficient (Wildman–Crippen LogP) is 3.20. The zero-order valence-electron chi connectivity index (χ0n) is 14.8. The SMILES string of the molecule is CCCCC(C(=O)OCC)C(=O)c1c(OC)cccc1OC.O=[PH3]. The summed E-state index contributed by atoms with van der Waals surface area (Å²) in [5, 5.41) is 0. The van der Waals surface area contributed by atoms with Gasteiger partial charge < -0.3 is 18.8 Å². The molecule has 2 atom stereocenters. The Balaban J connectivity index is 0.00000254. The van der Waals surface area contributed by atoms with Crippen molar-refractivity contribution < 1.29 is 28.4 Å². The molecule has 6 nitrogen and oxygen atoms in total. The van der Waals surface area contributed by atoms with Crippen LogP contribution in [0.1, 0.15) is 43.5 Å². The number of unbranched alkanes of at least 4 members (excludes halogenated alkanes) is 1. The molecule has 0 saturated carbocycles. The Kier molecular flexibility index (Phi) is 11.6. The van der Waals surface area contributed by atoms with Crippen LogP contribution < -0.4 is 9.47 Å². The van der Waals surface area contributed by atoms with E-state index in [1.165, 1.54) is 14.2 Å². The fourth-order valence-electron chi connectivity index (χ4n) is 2.28. The smallest absolute Gasteiger partial charge is 0.316 e. The van der Waals surface area contributed by atoms with E-state index < -0.39 is 11.9 Å². The summed E-state index contributed by atoms with van der Waals surface area (Å²) in [5.41, 5.74) is 0.293. The molecule has 2 unspecified atom stereocenters. The third-order valence-corrected chi connectivity index (χ3v) is 3.41. The maximum atomic E-state index is 12.9. The van der Waals surface area contributed by atoms with Crippen LogP contribution in [0.5, 0.6) is 11.5 Å². The van der Waals surface area contributed by atoms with Crippen LogP contribution in [0.2, 0.25) is 0 Å². The highest BCUT2D eigenvalue weighted by Crippen LogP contribution is 2.32. The number of carbonyl (C=O) groups excluding carboxylic acids is 2. The normalized spacial score (nSPS) is 11.0. The number of carbonyl (C=O) groups is 2. The third kappa shape index (κ3) is 6.00. The van der Waals surface area contributed by atoms with Crippen molar-refractivity contribution in [1.82, 2.24) is 0 Å². The Morgan fingerprint density at radius 2 is 1.62 bits per heavy atom. The first-order valence-corrected chi connectivity index (χ1v) is 8.39. The largest absolute Gasteiger partial charge is 0.496 e. The minimum atomic E-state index is -0.829. The van der Waals surface area contributed by atoms with Gasteiger partial charge in [0.2, 0.25) is 0 Å². The summed E-state index contributed by atoms with van der Waals surface area (Å²) in [5.74, 6) is -0.842. The van der Waals surface area contributed by atoms with Gasteiger partial charge in [-0.25, -0.2) is 0 Å². The van der Waals surface area contributed by atoms with Crippen LogP contribution in [0.25, 0.3) is 0 Å². The summed E-state index contributed by atoms with van der Waals surface area (Å²) in [7, 11) is 3.58. The van der Waals surface area contributed by atoms with Crippen LogP contribution in [-0.4, -0.2) is 32.6 Å². The van der Waals surface area contributed by atoms with E-state index >= 15 is 0 Å². The number of methoxy groups -OCH3 is 2. The van der Waals surface area contributed by atoms with E-state index in [9.17, 15) is 9.59 Å². The second-order valence-corrected chi connectivity index (χ2v) is 4.85. The van der Waals surface area contributed by atoms with Crippen molar-refractivity contribution in [3.8, 4) is 11.5 Å². The fourth-order valence-corrected chi connectivity index (χ4v) is 2.28. The zero-order valence-corrected chi connectivity index (χ0v) is 16.2. The van der Waals surface area contributed by atoms with E-state index in [-0.39, 0.29) is 12.4 Å². The van der Waals surface area contributed by atoms with Crippen LogP contribution in [0, 0.1) is 5.92 Å². The maximum Gasteiger partial charge on any atom is 0.316 e. The highest BCUT2D eigenvalue weighted by atomic mass is 31.0. The molecule has 1 rings (SSSR count). The standard InChI is InChI=1S/C17H24O5.H3OP/c1-5-7-9-12(17(19)22-6-2)16(18)15-13(20-3)10-8-11-14(15)21-4;1-2/h8,10-12H,5-7,9H2,1-4H3;2H3. The summed E-state index contributed by atoms with van der Waals surface area (Å²) >= 11 is 0. The molecule has 0 aromatic heterocycles. The van der Waals surface area contributed by atoms with Crippen LogP contribution in [-0.2, 0) is 14.1 Å². The Labute approximate surface area is 145 Å². The van der Waals surface area contributed by atoms with Crippen molar-refractivity contribution in [1.29, 1.82) is 0 Å². The molecule has 0 bridgehead atoms. The van der Waals surface area contributed by atoms with Gasteiger partial charge in [-0.2, -0.15) is 0 Å². The van der Waals surface area contributed by atoms with E-state index in [1.807, 2.05) is 6.92 Å². The molecule has 0 aliphatic rings. The molecule has 1 aromatic rings. The van der Waals surface area contributed by atoms with Gasteiger partial charge in [0.15, 0.2) is 5.78 Å². The number of Topliss-reactive ketones (excluding diaryl/α,β-unsaturated/α-hetero) is 1. The lowest BCUT2D eigenvalue weighted by Crippen LogP contribution is -2.27. The Morgan fingerprint density at radius 1 is 1.08 bits per heavy atom. The van der Waals surface area contributed by atoms with Crippen LogP contribution >= 0.6 is 9.12 Å². The number of hydrogen-bond acceptors (Lipinski definition) is 6. The van der Waals surface area contributed by atoms with Crippen LogP contribution in [0.3, 0.4) is 0 Å². The minimum absolute atomic E-state index is 0.248. The molecular formula is C17H27O6P. The van der Waals surface area contributed by atoms with Gasteiger partial charge in [-0.3, -0.25) is 9.59 Å². The van der Waals surface area contributed by atoms with Crippen LogP contribution in [0.4, 0.5) is 0 Å². The summed E-state index contributed by atoms with van der Waals surface area (Å²) in [4.78, 5) is 25.0. The predicted molar refractivity (Wildman–Crippen MR) is 95.3 cm³/mol. The van der Waals surface area contributed by atoms with Gasteiger partial charge in [0.1, 0.15) is 23.0 Å². The number of benzene rings is 1. The molecule has 0 spiro atoms. The lowest BCUT2D eigenvalue weighted by molar-refractivity contribution is -0.146. The summed E-state index contributed by atoms with van der Waals surface area (Å²) < 4.78 is 23.8. The summed E-state index contributed by atoms with van der Waals surface area (Å²) in [6, 6.07) is 5.09. The number of rotatable bonds is 9. The van der Waals surface area contributed by atoms with Gasteiger partial charge >= 0.3 is 5.97 Å². The van der Waals surface area contributed by atoms with Gasteiger partial charge in [0.25, 0.3) is 0 Å². The van der Waals surface area contributed by atoms with Crippen molar-refractivity contribution in [2.75, 3.05) is 20.8 Å². The highest BCUT2D eigenvalue weighted by molar-refractivity contribution is 7.00. The molecule has 0 N–H and O–H groups in total. The monoisotopic (exact) mass is 358 g/mol. The van der Waals surface area contributed by atoms with E-state index in [2.05, 4.69) is 0 Å². The van der Waals surface area contributed by atoms with Gasteiger partial charge in [-0.15, -0.1) is 0 Å². The van der Waals surface area contributed by atoms with Crippen LogP contribution in [0.15, 0.2) is 18.2 Å². The molecular weight excluding hydrogens is 331 g/mol. The molecule has 0 heterocycles. The minimum Gasteiger partial charge on any atom is -0.496 e. The Hall–Kier alpha value is -1.81. The molecule has 0 radical (unpaired) electrons. The van der Waals surface area contributed by atoms with Gasteiger partial charge in [0, 0.05) is 0 Å². The average Bonchev–Trinajstić information content (AvgIpc) is 2.62. The lowest BCUT2D eigenvalue weighted by Gasteiger charge is -2.18. The molecule has 0 saturated heterocycles. The van der Waals surface area contributed by atoms with Crippen molar-refractivity contribution in [2.45, 2.75) is 33.1 Å². The molecule has 7 heteroatoms. The highest BCUT2D eigenvalue weighted by Gasteiger charge is 2.32. The number of hydrogen-bond donors (Lipinski definition) is 0. The average molecular weight is 358 g/mol. The molecule has 0 aliphatic heterocycles.